The number of carboxylic acid groups (broad SMARTS) is 1. The highest BCUT2D eigenvalue weighted by molar-refractivity contribution is 7.92. The highest BCUT2D eigenvalue weighted by Gasteiger charge is 2.62. The molecule has 0 aromatic rings. The molecule has 290 valence electrons. The van der Waals surface area contributed by atoms with Crippen molar-refractivity contribution in [3.63, 3.8) is 0 Å². The molecule has 0 spiro atoms. The molecule has 0 radical (unpaired) electrons. The molecule has 2 heterocycles. The van der Waals surface area contributed by atoms with Gasteiger partial charge in [-0.05, 0) is 132 Å². The third-order valence-corrected chi connectivity index (χ3v) is 18.9. The second-order valence-corrected chi connectivity index (χ2v) is 22.6. The first-order valence-corrected chi connectivity index (χ1v) is 22.2. The van der Waals surface area contributed by atoms with Gasteiger partial charge in [0.05, 0.1) is 22.8 Å². The molecule has 6 aliphatic rings. The zero-order valence-electron chi connectivity index (χ0n) is 33.2. The summed E-state index contributed by atoms with van der Waals surface area (Å²) in [5.41, 5.74) is 0.478. The number of allylic oxidation sites excluding steroid dienone is 1. The first-order chi connectivity index (χ1) is 23.7. The number of carbonyl (C=O) groups excluding carboxylic acids is 1. The fourth-order valence-electron chi connectivity index (χ4n) is 13.4. The molecule has 6 rings (SSSR count). The molecule has 11 unspecified atom stereocenters. The van der Waals surface area contributed by atoms with Crippen LogP contribution in [-0.4, -0.2) is 78.7 Å². The Balaban J connectivity index is 1.18. The van der Waals surface area contributed by atoms with Crippen LogP contribution in [0.15, 0.2) is 12.2 Å². The number of likely N-dealkylation sites (tertiary alicyclic amines) is 1. The number of ether oxygens (including phenoxy) is 1. The molecule has 0 aromatic carbocycles. The molecule has 2 N–H and O–H groups in total. The Morgan fingerprint density at radius 3 is 2.27 bits per heavy atom. The summed E-state index contributed by atoms with van der Waals surface area (Å²) >= 11 is 0. The van der Waals surface area contributed by atoms with E-state index in [1.54, 1.807) is 13.8 Å². The summed E-state index contributed by atoms with van der Waals surface area (Å²) in [7, 11) is -2.88. The number of sulfone groups is 1. The van der Waals surface area contributed by atoms with Crippen LogP contribution in [0.1, 0.15) is 139 Å². The molecule has 2 aliphatic heterocycles. The van der Waals surface area contributed by atoms with Gasteiger partial charge in [-0.25, -0.2) is 8.42 Å². The maximum absolute atomic E-state index is 13.1. The van der Waals surface area contributed by atoms with E-state index in [0.29, 0.717) is 41.9 Å². The number of carbonyl (C=O) groups is 2. The van der Waals surface area contributed by atoms with Gasteiger partial charge < -0.3 is 15.2 Å². The SMILES string of the molecule is C=C(C)C1CCC2(NCCN3CC4CC3CS4(=O)=O)CCC(C)C3(C)CCC4C(C)(C)C(OC(=O)CC(C)(C)C(=O)O)CCC4(C)C3CCCC12. The molecule has 2 bridgehead atoms. The number of rotatable bonds is 9. The highest BCUT2D eigenvalue weighted by atomic mass is 32.2. The van der Waals surface area contributed by atoms with E-state index in [9.17, 15) is 23.1 Å². The molecule has 8 nitrogen and oxygen atoms in total. The summed E-state index contributed by atoms with van der Waals surface area (Å²) in [6.45, 7) is 24.8. The number of nitrogens with zero attached hydrogens (tertiary/aromatic N) is 1. The summed E-state index contributed by atoms with van der Waals surface area (Å²) in [5.74, 6) is 1.69. The molecular formula is C42H70N2O6S. The summed E-state index contributed by atoms with van der Waals surface area (Å²) in [6, 6.07) is 0.204. The predicted octanol–water partition coefficient (Wildman–Crippen LogP) is 7.66. The van der Waals surface area contributed by atoms with Gasteiger partial charge in [0.15, 0.2) is 9.84 Å². The normalized spacial score (nSPS) is 43.5. The molecule has 51 heavy (non-hydrogen) atoms. The molecule has 0 amide bonds. The van der Waals surface area contributed by atoms with Gasteiger partial charge in [0.1, 0.15) is 6.10 Å². The first-order valence-electron chi connectivity index (χ1n) is 20.5. The third-order valence-electron chi connectivity index (χ3n) is 16.7. The van der Waals surface area contributed by atoms with Crippen LogP contribution in [0.25, 0.3) is 0 Å². The van der Waals surface area contributed by atoms with Crippen LogP contribution in [0.3, 0.4) is 0 Å². The second kappa shape index (κ2) is 13.7. The summed E-state index contributed by atoms with van der Waals surface area (Å²) in [4.78, 5) is 27.3. The van der Waals surface area contributed by atoms with Crippen LogP contribution in [0.2, 0.25) is 0 Å². The number of carboxylic acids is 1. The third kappa shape index (κ3) is 6.89. The minimum Gasteiger partial charge on any atom is -0.481 e. The molecule has 2 saturated heterocycles. The van der Waals surface area contributed by atoms with Crippen molar-refractivity contribution in [1.29, 1.82) is 0 Å². The maximum atomic E-state index is 13.1. The van der Waals surface area contributed by atoms with Crippen molar-refractivity contribution in [2.75, 3.05) is 25.4 Å². The van der Waals surface area contributed by atoms with Crippen molar-refractivity contribution >= 4 is 21.8 Å². The van der Waals surface area contributed by atoms with Gasteiger partial charge in [-0.2, -0.15) is 0 Å². The van der Waals surface area contributed by atoms with E-state index in [0.717, 1.165) is 38.8 Å². The van der Waals surface area contributed by atoms with Crippen LogP contribution < -0.4 is 5.32 Å². The smallest absolute Gasteiger partial charge is 0.309 e. The van der Waals surface area contributed by atoms with Gasteiger partial charge in [-0.1, -0.05) is 53.2 Å². The minimum absolute atomic E-state index is 0.103. The molecule has 11 atom stereocenters. The van der Waals surface area contributed by atoms with Crippen LogP contribution in [0.5, 0.6) is 0 Å². The summed E-state index contributed by atoms with van der Waals surface area (Å²) < 4.78 is 31.0. The van der Waals surface area contributed by atoms with Crippen LogP contribution in [0, 0.1) is 51.2 Å². The number of hydrogen-bond acceptors (Lipinski definition) is 7. The fourth-order valence-corrected chi connectivity index (χ4v) is 15.5. The van der Waals surface area contributed by atoms with Gasteiger partial charge in [-0.3, -0.25) is 14.5 Å². The lowest BCUT2D eigenvalue weighted by atomic mass is 9.40. The lowest BCUT2D eigenvalue weighted by Crippen LogP contribution is -2.60. The monoisotopic (exact) mass is 730 g/mol. The topological polar surface area (TPSA) is 113 Å². The lowest BCUT2D eigenvalue weighted by Gasteiger charge is -2.65. The van der Waals surface area contributed by atoms with Gasteiger partial charge >= 0.3 is 11.9 Å². The Bertz CT molecular complexity index is 1470. The largest absolute Gasteiger partial charge is 0.481 e. The Kier molecular flexibility index (Phi) is 10.5. The Morgan fingerprint density at radius 2 is 1.65 bits per heavy atom. The van der Waals surface area contributed by atoms with E-state index in [4.69, 9.17) is 4.74 Å². The summed E-state index contributed by atoms with van der Waals surface area (Å²) in [5, 5.41) is 13.7. The van der Waals surface area contributed by atoms with Gasteiger partial charge in [-0.15, -0.1) is 0 Å². The van der Waals surface area contributed by atoms with E-state index in [1.807, 2.05) is 0 Å². The van der Waals surface area contributed by atoms with Crippen molar-refractivity contribution in [3.05, 3.63) is 12.2 Å². The first kappa shape index (κ1) is 39.2. The van der Waals surface area contributed by atoms with Crippen LogP contribution >= 0.6 is 0 Å². The molecule has 4 saturated carbocycles. The van der Waals surface area contributed by atoms with Crippen molar-refractivity contribution in [2.45, 2.75) is 162 Å². The predicted molar refractivity (Wildman–Crippen MR) is 203 cm³/mol. The zero-order chi connectivity index (χ0) is 37.4. The zero-order valence-corrected chi connectivity index (χ0v) is 34.0. The van der Waals surface area contributed by atoms with Crippen molar-refractivity contribution in [3.8, 4) is 0 Å². The highest BCUT2D eigenvalue weighted by Crippen LogP contribution is 2.68. The maximum Gasteiger partial charge on any atom is 0.309 e. The van der Waals surface area contributed by atoms with Crippen LogP contribution in [0.4, 0.5) is 0 Å². The molecule has 6 fully saturated rings. The molecule has 9 heteroatoms. The average molecular weight is 731 g/mol. The van der Waals surface area contributed by atoms with Crippen molar-refractivity contribution in [1.82, 2.24) is 10.2 Å². The minimum atomic E-state index is -2.88. The number of esters is 1. The van der Waals surface area contributed by atoms with Crippen molar-refractivity contribution in [2.24, 2.45) is 51.2 Å². The Labute approximate surface area is 309 Å². The van der Waals surface area contributed by atoms with Gasteiger partial charge in [0.2, 0.25) is 0 Å². The number of hydrogen-bond donors (Lipinski definition) is 2. The average Bonchev–Trinajstić information content (AvgIpc) is 3.68. The molecular weight excluding hydrogens is 661 g/mol. The standard InChI is InChI=1S/C42H70N2O6S/c1-27(2)31-14-20-42(43-21-22-44-25-30-23-29(44)26-51(30,48)49)19-13-28(3)40(8)17-15-33-39(6,7)35(50-36(45)24-38(4,5)37(46)47)16-18-41(33,9)34(40)12-10-11-32(31)42/h28-35,43H,1,10-26H2,2-9H3,(H,46,47). The Hall–Kier alpha value is -1.45. The number of nitrogens with one attached hydrogen (secondary N) is 1. The van der Waals surface area contributed by atoms with E-state index in [2.05, 4.69) is 58.3 Å². The van der Waals surface area contributed by atoms with Crippen LogP contribution in [-0.2, 0) is 24.2 Å². The van der Waals surface area contributed by atoms with E-state index >= 15 is 0 Å². The summed E-state index contributed by atoms with van der Waals surface area (Å²) in [6.07, 6.45) is 13.1. The second-order valence-electron chi connectivity index (χ2n) is 20.2. The Morgan fingerprint density at radius 1 is 0.961 bits per heavy atom. The van der Waals surface area contributed by atoms with Crippen molar-refractivity contribution < 1.29 is 27.9 Å². The quantitative estimate of drug-likeness (QED) is 0.184. The number of fused-ring (bicyclic) bond motifs is 6. The molecule has 0 aromatic heterocycles. The molecule has 4 aliphatic carbocycles. The lowest BCUT2D eigenvalue weighted by molar-refractivity contribution is -0.202. The number of aliphatic carboxylic acids is 1. The van der Waals surface area contributed by atoms with E-state index in [1.165, 1.54) is 56.9 Å². The van der Waals surface area contributed by atoms with Gasteiger partial charge in [0, 0.05) is 36.6 Å². The van der Waals surface area contributed by atoms with E-state index < -0.39 is 27.2 Å². The fraction of sp³-hybridized carbons (Fsp3) is 0.905. The van der Waals surface area contributed by atoms with E-state index in [-0.39, 0.29) is 45.6 Å². The van der Waals surface area contributed by atoms with Gasteiger partial charge in [0.25, 0.3) is 0 Å².